The molecule has 1 aliphatic rings. The maximum atomic E-state index is 14.6. The van der Waals surface area contributed by atoms with Crippen LogP contribution in [0.5, 0.6) is 0 Å². The van der Waals surface area contributed by atoms with Gasteiger partial charge in [0.05, 0.1) is 22.8 Å². The topological polar surface area (TPSA) is 79.0 Å². The van der Waals surface area contributed by atoms with Gasteiger partial charge in [-0.1, -0.05) is 18.2 Å². The van der Waals surface area contributed by atoms with Crippen molar-refractivity contribution in [1.82, 2.24) is 10.2 Å². The first-order chi connectivity index (χ1) is 16.1. The van der Waals surface area contributed by atoms with E-state index in [0.717, 1.165) is 5.56 Å². The van der Waals surface area contributed by atoms with Crippen LogP contribution in [0, 0.1) is 5.82 Å². The van der Waals surface area contributed by atoms with Crippen molar-refractivity contribution in [2.75, 3.05) is 25.0 Å². The van der Waals surface area contributed by atoms with Crippen LogP contribution in [0.25, 0.3) is 0 Å². The molecule has 0 saturated carbocycles. The van der Waals surface area contributed by atoms with E-state index in [9.17, 15) is 18.8 Å². The van der Waals surface area contributed by atoms with Gasteiger partial charge in [0, 0.05) is 32.4 Å². The number of hydrogen-bond donors (Lipinski definition) is 1. The zero-order valence-corrected chi connectivity index (χ0v) is 20.1. The number of anilines is 1. The molecule has 3 amide bonds. The fraction of sp³-hybridized carbons (Fsp3) is 0.423. The predicted octanol–water partition coefficient (Wildman–Crippen LogP) is 3.77. The van der Waals surface area contributed by atoms with E-state index in [1.807, 2.05) is 25.7 Å². The number of para-hydroxylation sites is 1. The Morgan fingerprint density at radius 2 is 1.82 bits per heavy atom. The van der Waals surface area contributed by atoms with E-state index < -0.39 is 11.7 Å². The van der Waals surface area contributed by atoms with Crippen LogP contribution in [0.15, 0.2) is 42.5 Å². The van der Waals surface area contributed by atoms with Gasteiger partial charge in [-0.25, -0.2) is 4.39 Å². The molecule has 0 radical (unpaired) electrons. The van der Waals surface area contributed by atoms with Crippen molar-refractivity contribution in [3.8, 4) is 0 Å². The molecule has 8 heteroatoms. The first-order valence-corrected chi connectivity index (χ1v) is 11.4. The molecular formula is C26H32FN3O4. The van der Waals surface area contributed by atoms with Crippen LogP contribution in [0.2, 0.25) is 0 Å². The molecule has 1 aliphatic heterocycles. The van der Waals surface area contributed by atoms with E-state index in [1.54, 1.807) is 48.3 Å². The summed E-state index contributed by atoms with van der Waals surface area (Å²) in [6.45, 7) is 7.40. The number of carbonyl (C=O) groups is 3. The third-order valence-corrected chi connectivity index (χ3v) is 5.68. The molecule has 1 N–H and O–H groups in total. The van der Waals surface area contributed by atoms with Crippen molar-refractivity contribution in [3.63, 3.8) is 0 Å². The van der Waals surface area contributed by atoms with Gasteiger partial charge in [-0.05, 0) is 63.4 Å². The van der Waals surface area contributed by atoms with Crippen molar-refractivity contribution < 1.29 is 23.5 Å². The summed E-state index contributed by atoms with van der Waals surface area (Å²) in [5.41, 5.74) is 1.48. The molecule has 1 saturated heterocycles. The van der Waals surface area contributed by atoms with Gasteiger partial charge in [-0.3, -0.25) is 19.7 Å². The lowest BCUT2D eigenvalue weighted by Gasteiger charge is -2.35. The van der Waals surface area contributed by atoms with Crippen molar-refractivity contribution in [2.24, 2.45) is 0 Å². The lowest BCUT2D eigenvalue weighted by atomic mass is 10.0. The summed E-state index contributed by atoms with van der Waals surface area (Å²) < 4.78 is 20.6. The molecule has 0 unspecified atom stereocenters. The second kappa shape index (κ2) is 10.8. The van der Waals surface area contributed by atoms with E-state index in [0.29, 0.717) is 50.1 Å². The molecule has 34 heavy (non-hydrogen) atoms. The minimum absolute atomic E-state index is 0.0353. The van der Waals surface area contributed by atoms with Crippen LogP contribution in [0.4, 0.5) is 10.1 Å². The monoisotopic (exact) mass is 469 g/mol. The van der Waals surface area contributed by atoms with E-state index in [1.165, 1.54) is 6.07 Å². The highest BCUT2D eigenvalue weighted by Gasteiger charge is 2.28. The summed E-state index contributed by atoms with van der Waals surface area (Å²) in [5.74, 6) is -1.40. The van der Waals surface area contributed by atoms with Crippen LogP contribution in [-0.4, -0.2) is 55.0 Å². The SMILES string of the molecule is CN(Cc1ccc(F)c(C(=O)N2CCC(OC(C)(C)C)CC2)c1)c1ccccc1C(=O)NC=O. The van der Waals surface area contributed by atoms with E-state index in [2.05, 4.69) is 5.32 Å². The summed E-state index contributed by atoms with van der Waals surface area (Å²) >= 11 is 0. The Labute approximate surface area is 199 Å². The van der Waals surface area contributed by atoms with Gasteiger partial charge in [0.25, 0.3) is 11.8 Å². The highest BCUT2D eigenvalue weighted by Crippen LogP contribution is 2.24. The van der Waals surface area contributed by atoms with Crippen molar-refractivity contribution in [3.05, 3.63) is 65.0 Å². The number of amides is 3. The number of nitrogens with one attached hydrogen (secondary N) is 1. The van der Waals surface area contributed by atoms with Crippen LogP contribution in [-0.2, 0) is 16.1 Å². The third-order valence-electron chi connectivity index (χ3n) is 5.68. The molecule has 0 aromatic heterocycles. The Kier molecular flexibility index (Phi) is 8.04. The lowest BCUT2D eigenvalue weighted by Crippen LogP contribution is -2.43. The maximum absolute atomic E-state index is 14.6. The van der Waals surface area contributed by atoms with E-state index in [4.69, 9.17) is 4.74 Å². The third kappa shape index (κ3) is 6.41. The quantitative estimate of drug-likeness (QED) is 0.625. The molecule has 1 fully saturated rings. The number of ether oxygens (including phenoxy) is 1. The first-order valence-electron chi connectivity index (χ1n) is 11.4. The van der Waals surface area contributed by atoms with Gasteiger partial charge in [0.2, 0.25) is 6.41 Å². The number of imide groups is 1. The number of piperidine rings is 1. The molecule has 3 rings (SSSR count). The highest BCUT2D eigenvalue weighted by atomic mass is 19.1. The fourth-order valence-electron chi connectivity index (χ4n) is 4.17. The highest BCUT2D eigenvalue weighted by molar-refractivity contribution is 6.04. The van der Waals surface area contributed by atoms with Crippen LogP contribution in [0.3, 0.4) is 0 Å². The molecule has 0 atom stereocenters. The molecule has 7 nitrogen and oxygen atoms in total. The molecule has 0 spiro atoms. The number of likely N-dealkylation sites (tertiary alicyclic amines) is 1. The maximum Gasteiger partial charge on any atom is 0.259 e. The first kappa shape index (κ1) is 25.4. The standard InChI is InChI=1S/C26H32FN3O4/c1-26(2,3)34-19-11-13-30(14-12-19)25(33)21-15-18(9-10-22(21)27)16-29(4)23-8-6-5-7-20(23)24(32)28-17-31/h5-10,15,17,19H,11-14,16H2,1-4H3,(H,28,31,32). The number of rotatable bonds is 7. The van der Waals surface area contributed by atoms with Crippen LogP contribution in [0.1, 0.15) is 59.9 Å². The number of halogens is 1. The number of benzene rings is 2. The van der Waals surface area contributed by atoms with Gasteiger partial charge in [0.15, 0.2) is 0 Å². The summed E-state index contributed by atoms with van der Waals surface area (Å²) in [7, 11) is 1.79. The van der Waals surface area contributed by atoms with Crippen LogP contribution < -0.4 is 10.2 Å². The zero-order valence-electron chi connectivity index (χ0n) is 20.1. The normalized spacial score (nSPS) is 14.6. The summed E-state index contributed by atoms with van der Waals surface area (Å²) in [6.07, 6.45) is 1.86. The minimum atomic E-state index is -0.560. The molecule has 2 aromatic rings. The second-order valence-electron chi connectivity index (χ2n) is 9.50. The predicted molar refractivity (Wildman–Crippen MR) is 128 cm³/mol. The van der Waals surface area contributed by atoms with Gasteiger partial charge < -0.3 is 14.5 Å². The Morgan fingerprint density at radius 1 is 1.15 bits per heavy atom. The smallest absolute Gasteiger partial charge is 0.259 e. The minimum Gasteiger partial charge on any atom is -0.372 e. The number of carbonyl (C=O) groups excluding carboxylic acids is 3. The summed E-state index contributed by atoms with van der Waals surface area (Å²) in [6, 6.07) is 11.4. The van der Waals surface area contributed by atoms with Crippen molar-refractivity contribution in [2.45, 2.75) is 51.9 Å². The fourth-order valence-corrected chi connectivity index (χ4v) is 4.17. The van der Waals surface area contributed by atoms with Crippen LogP contribution >= 0.6 is 0 Å². The molecule has 0 aliphatic carbocycles. The molecule has 182 valence electrons. The van der Waals surface area contributed by atoms with Gasteiger partial charge in [0.1, 0.15) is 5.82 Å². The van der Waals surface area contributed by atoms with E-state index >= 15 is 0 Å². The van der Waals surface area contributed by atoms with E-state index in [-0.39, 0.29) is 23.2 Å². The molecular weight excluding hydrogens is 437 g/mol. The molecule has 0 bridgehead atoms. The number of nitrogens with zero attached hydrogens (tertiary/aromatic N) is 2. The number of hydrogen-bond acceptors (Lipinski definition) is 5. The second-order valence-corrected chi connectivity index (χ2v) is 9.50. The Balaban J connectivity index is 1.72. The average Bonchev–Trinajstić information content (AvgIpc) is 2.79. The van der Waals surface area contributed by atoms with Gasteiger partial charge in [-0.2, -0.15) is 0 Å². The van der Waals surface area contributed by atoms with Crippen molar-refractivity contribution in [1.29, 1.82) is 0 Å². The Morgan fingerprint density at radius 3 is 2.47 bits per heavy atom. The van der Waals surface area contributed by atoms with Crippen molar-refractivity contribution >= 4 is 23.9 Å². The summed E-state index contributed by atoms with van der Waals surface area (Å²) in [4.78, 5) is 39.5. The molecule has 1 heterocycles. The average molecular weight is 470 g/mol. The zero-order chi connectivity index (χ0) is 24.9. The van der Waals surface area contributed by atoms with Gasteiger partial charge >= 0.3 is 0 Å². The molecule has 2 aromatic carbocycles. The Hall–Kier alpha value is -3.26. The summed E-state index contributed by atoms with van der Waals surface area (Å²) in [5, 5.41) is 2.15. The largest absolute Gasteiger partial charge is 0.372 e. The lowest BCUT2D eigenvalue weighted by molar-refractivity contribution is -0.108. The Bertz CT molecular complexity index is 1040. The van der Waals surface area contributed by atoms with Gasteiger partial charge in [-0.15, -0.1) is 0 Å².